The Morgan fingerprint density at radius 2 is 1.97 bits per heavy atom. The predicted octanol–water partition coefficient (Wildman–Crippen LogP) is 4.60. The van der Waals surface area contributed by atoms with E-state index >= 15 is 0 Å². The van der Waals surface area contributed by atoms with E-state index in [1.165, 1.54) is 0 Å². The first kappa shape index (κ1) is 26.2. The van der Waals surface area contributed by atoms with Crippen LogP contribution in [0, 0.1) is 11.8 Å². The number of Topliss-reactive ketones (excluding diaryl/α,β-unsaturated/α-hetero) is 1. The normalized spacial score (nSPS) is 24.3. The molecule has 1 saturated carbocycles. The lowest BCUT2D eigenvalue weighted by Gasteiger charge is -2.23. The summed E-state index contributed by atoms with van der Waals surface area (Å²) in [6, 6.07) is 0. The lowest BCUT2D eigenvalue weighted by molar-refractivity contribution is -0.137. The molecule has 1 fully saturated rings. The molecule has 0 aromatic carbocycles. The van der Waals surface area contributed by atoms with Crippen LogP contribution in [-0.2, 0) is 9.59 Å². The van der Waals surface area contributed by atoms with Crippen molar-refractivity contribution < 1.29 is 24.9 Å². The van der Waals surface area contributed by atoms with E-state index in [2.05, 4.69) is 13.0 Å². The monoisotopic (exact) mass is 428 g/mol. The van der Waals surface area contributed by atoms with Crippen LogP contribution in [0.1, 0.15) is 84.5 Å². The second-order valence-electron chi connectivity index (χ2n) is 8.57. The highest BCUT2D eigenvalue weighted by Crippen LogP contribution is 2.41. The summed E-state index contributed by atoms with van der Waals surface area (Å²) in [5.41, 5.74) is -0.706. The highest BCUT2D eigenvalue weighted by Gasteiger charge is 2.40. The van der Waals surface area contributed by atoms with Gasteiger partial charge in [0.2, 0.25) is 0 Å². The van der Waals surface area contributed by atoms with Gasteiger partial charge in [-0.25, -0.2) is 0 Å². The average molecular weight is 429 g/mol. The molecule has 0 heterocycles. The Kier molecular flexibility index (Phi) is 12.8. The van der Waals surface area contributed by atoms with Crippen molar-refractivity contribution in [2.45, 2.75) is 95.3 Å². The van der Waals surface area contributed by atoms with Crippen LogP contribution in [0.15, 0.2) is 12.2 Å². The largest absolute Gasteiger partial charge is 0.481 e. The minimum absolute atomic E-state index is 0.00232. The van der Waals surface area contributed by atoms with Gasteiger partial charge in [0.15, 0.2) is 0 Å². The van der Waals surface area contributed by atoms with Gasteiger partial charge in [0.1, 0.15) is 5.78 Å². The number of thioether (sulfide) groups is 1. The molecule has 0 radical (unpaired) electrons. The SMILES string of the molecule is CCCCC(C)(O)CC=C[C@H]1[C@H](SCCO)CC(=O)[C@@H]1CCCCCCC(=O)O. The minimum atomic E-state index is -0.750. The summed E-state index contributed by atoms with van der Waals surface area (Å²) >= 11 is 1.67. The Bertz CT molecular complexity index is 517. The fraction of sp³-hybridized carbons (Fsp3) is 0.826. The fourth-order valence-electron chi connectivity index (χ4n) is 4.08. The number of aliphatic hydroxyl groups is 2. The molecule has 1 unspecified atom stereocenters. The first-order valence-electron chi connectivity index (χ1n) is 11.2. The van der Waals surface area contributed by atoms with Crippen LogP contribution in [0.4, 0.5) is 0 Å². The van der Waals surface area contributed by atoms with Gasteiger partial charge in [0, 0.05) is 29.8 Å². The molecule has 0 aliphatic heterocycles. The third-order valence-electron chi connectivity index (χ3n) is 5.77. The summed E-state index contributed by atoms with van der Waals surface area (Å²) in [5, 5.41) is 28.6. The van der Waals surface area contributed by atoms with Gasteiger partial charge < -0.3 is 15.3 Å². The molecule has 1 rings (SSSR count). The number of aliphatic carboxylic acids is 1. The van der Waals surface area contributed by atoms with Crippen molar-refractivity contribution >= 4 is 23.5 Å². The Morgan fingerprint density at radius 3 is 2.62 bits per heavy atom. The lowest BCUT2D eigenvalue weighted by Crippen LogP contribution is -2.23. The van der Waals surface area contributed by atoms with E-state index in [4.69, 9.17) is 5.11 Å². The molecule has 6 heteroatoms. The van der Waals surface area contributed by atoms with Crippen molar-refractivity contribution in [3.8, 4) is 0 Å². The van der Waals surface area contributed by atoms with Gasteiger partial charge in [-0.15, -0.1) is 0 Å². The molecule has 1 aliphatic carbocycles. The predicted molar refractivity (Wildman–Crippen MR) is 119 cm³/mol. The number of carbonyl (C=O) groups is 2. The van der Waals surface area contributed by atoms with Crippen molar-refractivity contribution in [3.63, 3.8) is 0 Å². The highest BCUT2D eigenvalue weighted by atomic mass is 32.2. The topological polar surface area (TPSA) is 94.8 Å². The number of unbranched alkanes of at least 4 members (excludes halogenated alkanes) is 4. The zero-order chi connectivity index (χ0) is 21.7. The van der Waals surface area contributed by atoms with Crippen LogP contribution in [0.2, 0.25) is 0 Å². The molecule has 0 aromatic heterocycles. The maximum absolute atomic E-state index is 12.6. The summed E-state index contributed by atoms with van der Waals surface area (Å²) in [7, 11) is 0. The molecule has 0 amide bonds. The van der Waals surface area contributed by atoms with Crippen molar-refractivity contribution in [1.82, 2.24) is 0 Å². The van der Waals surface area contributed by atoms with E-state index in [-0.39, 0.29) is 30.1 Å². The van der Waals surface area contributed by atoms with Gasteiger partial charge >= 0.3 is 5.97 Å². The average Bonchev–Trinajstić information content (AvgIpc) is 2.95. The molecule has 1 aliphatic rings. The van der Waals surface area contributed by atoms with E-state index in [1.54, 1.807) is 11.8 Å². The summed E-state index contributed by atoms with van der Waals surface area (Å²) in [5.74, 6) is 0.346. The summed E-state index contributed by atoms with van der Waals surface area (Å²) < 4.78 is 0. The number of ketones is 1. The first-order chi connectivity index (χ1) is 13.8. The van der Waals surface area contributed by atoms with Crippen molar-refractivity contribution in [1.29, 1.82) is 0 Å². The van der Waals surface area contributed by atoms with Crippen molar-refractivity contribution in [2.75, 3.05) is 12.4 Å². The van der Waals surface area contributed by atoms with E-state index < -0.39 is 11.6 Å². The maximum atomic E-state index is 12.6. The van der Waals surface area contributed by atoms with Crippen LogP contribution in [0.3, 0.4) is 0 Å². The van der Waals surface area contributed by atoms with Crippen molar-refractivity contribution in [3.05, 3.63) is 12.2 Å². The third-order valence-corrected chi connectivity index (χ3v) is 7.10. The second kappa shape index (κ2) is 14.2. The molecule has 168 valence electrons. The number of rotatable bonds is 16. The summed E-state index contributed by atoms with van der Waals surface area (Å²) in [4.78, 5) is 23.2. The van der Waals surface area contributed by atoms with Crippen LogP contribution in [-0.4, -0.2) is 50.3 Å². The number of hydrogen-bond acceptors (Lipinski definition) is 5. The molecular formula is C23H40O5S. The quantitative estimate of drug-likeness (QED) is 0.246. The Labute approximate surface area is 180 Å². The summed E-state index contributed by atoms with van der Waals surface area (Å²) in [6.45, 7) is 4.11. The molecule has 0 bridgehead atoms. The number of carbonyl (C=O) groups excluding carboxylic acids is 1. The highest BCUT2D eigenvalue weighted by molar-refractivity contribution is 8.00. The van der Waals surface area contributed by atoms with E-state index in [0.717, 1.165) is 44.9 Å². The molecule has 4 atom stereocenters. The zero-order valence-electron chi connectivity index (χ0n) is 18.1. The molecule has 29 heavy (non-hydrogen) atoms. The number of allylic oxidation sites excluding steroid dienone is 1. The summed E-state index contributed by atoms with van der Waals surface area (Å²) in [6.07, 6.45) is 12.7. The molecule has 5 nitrogen and oxygen atoms in total. The number of hydrogen-bond donors (Lipinski definition) is 3. The van der Waals surface area contributed by atoms with E-state index in [1.807, 2.05) is 13.0 Å². The smallest absolute Gasteiger partial charge is 0.303 e. The first-order valence-corrected chi connectivity index (χ1v) is 12.2. The lowest BCUT2D eigenvalue weighted by atomic mass is 9.88. The van der Waals surface area contributed by atoms with Gasteiger partial charge in [-0.05, 0) is 38.5 Å². The van der Waals surface area contributed by atoms with Gasteiger partial charge in [-0.3, -0.25) is 9.59 Å². The van der Waals surface area contributed by atoms with Gasteiger partial charge in [0.05, 0.1) is 12.2 Å². The molecule has 0 spiro atoms. The Morgan fingerprint density at radius 1 is 1.24 bits per heavy atom. The maximum Gasteiger partial charge on any atom is 0.303 e. The third kappa shape index (κ3) is 10.7. The standard InChI is InChI=1S/C23H40O5S/c1-3-4-13-23(2,28)14-9-11-19-18(10-7-5-6-8-12-22(26)27)20(25)17-21(19)29-16-15-24/h9,11,18-19,21,24,28H,3-8,10,12-17H2,1-2H3,(H,26,27)/t18-,19-,21-,23?/m1/s1. The number of carboxylic acid groups (broad SMARTS) is 1. The van der Waals surface area contributed by atoms with Crippen LogP contribution in [0.25, 0.3) is 0 Å². The Balaban J connectivity index is 2.62. The number of carboxylic acids is 1. The molecule has 0 aromatic rings. The van der Waals surface area contributed by atoms with Gasteiger partial charge in [0.25, 0.3) is 0 Å². The van der Waals surface area contributed by atoms with E-state index in [0.29, 0.717) is 30.8 Å². The Hall–Kier alpha value is -0.850. The van der Waals surface area contributed by atoms with E-state index in [9.17, 15) is 19.8 Å². The number of aliphatic hydroxyl groups excluding tert-OH is 1. The van der Waals surface area contributed by atoms with Crippen LogP contribution < -0.4 is 0 Å². The molecular weight excluding hydrogens is 388 g/mol. The molecule has 0 saturated heterocycles. The van der Waals surface area contributed by atoms with Gasteiger partial charge in [-0.2, -0.15) is 11.8 Å². The van der Waals surface area contributed by atoms with Crippen molar-refractivity contribution in [2.24, 2.45) is 11.8 Å². The van der Waals surface area contributed by atoms with Crippen LogP contribution >= 0.6 is 11.8 Å². The van der Waals surface area contributed by atoms with Crippen LogP contribution in [0.5, 0.6) is 0 Å². The molecule has 3 N–H and O–H groups in total. The zero-order valence-corrected chi connectivity index (χ0v) is 19.0. The van der Waals surface area contributed by atoms with Gasteiger partial charge in [-0.1, -0.05) is 51.2 Å². The minimum Gasteiger partial charge on any atom is -0.481 e. The fourth-order valence-corrected chi connectivity index (χ4v) is 5.27. The second-order valence-corrected chi connectivity index (χ2v) is 9.91.